The zero-order valence-electron chi connectivity index (χ0n) is 12.5. The van der Waals surface area contributed by atoms with Crippen molar-refractivity contribution in [2.45, 2.75) is 19.8 Å². The van der Waals surface area contributed by atoms with Crippen molar-refractivity contribution in [3.8, 4) is 5.75 Å². The number of Topliss-reactive ketones (excluding diaryl/α,β-unsaturated/α-hetero) is 1. The molecule has 1 aromatic carbocycles. The average Bonchev–Trinajstić information content (AvgIpc) is 2.57. The summed E-state index contributed by atoms with van der Waals surface area (Å²) in [6.07, 6.45) is 1.28. The Hall–Kier alpha value is -2.06. The first kappa shape index (κ1) is 18.3. The lowest BCUT2D eigenvalue weighted by Crippen LogP contribution is -2.10. The molecule has 0 spiro atoms. The largest absolute Gasteiger partial charge is 0.505 e. The summed E-state index contributed by atoms with van der Waals surface area (Å²) in [5, 5.41) is 28.2. The lowest BCUT2D eigenvalue weighted by atomic mass is 10.1. The number of halogens is 2. The maximum atomic E-state index is 13.1. The molecule has 6 nitrogen and oxygen atoms in total. The molecule has 1 aromatic heterocycles. The van der Waals surface area contributed by atoms with Gasteiger partial charge in [0.2, 0.25) is 5.78 Å². The molecular weight excluding hydrogens is 341 g/mol. The van der Waals surface area contributed by atoms with Gasteiger partial charge in [-0.15, -0.1) is 0 Å². The van der Waals surface area contributed by atoms with Gasteiger partial charge in [0.1, 0.15) is 12.4 Å². The van der Waals surface area contributed by atoms with Crippen LogP contribution in [0, 0.1) is 5.82 Å². The van der Waals surface area contributed by atoms with Crippen LogP contribution in [0.1, 0.15) is 27.2 Å². The summed E-state index contributed by atoms with van der Waals surface area (Å²) in [7, 11) is 0. The van der Waals surface area contributed by atoms with E-state index in [9.17, 15) is 19.4 Å². The van der Waals surface area contributed by atoms with Gasteiger partial charge in [0.25, 0.3) is 0 Å². The Morgan fingerprint density at radius 2 is 2.04 bits per heavy atom. The van der Waals surface area contributed by atoms with Crippen molar-refractivity contribution in [1.29, 1.82) is 0 Å². The number of ketones is 1. The predicted octanol–water partition coefficient (Wildman–Crippen LogP) is 1.96. The van der Waals surface area contributed by atoms with Crippen molar-refractivity contribution in [1.82, 2.24) is 4.98 Å². The normalized spacial score (nSPS) is 10.8. The van der Waals surface area contributed by atoms with Crippen molar-refractivity contribution in [3.63, 3.8) is 0 Å². The van der Waals surface area contributed by atoms with Crippen molar-refractivity contribution < 1.29 is 29.2 Å². The van der Waals surface area contributed by atoms with Crippen LogP contribution in [0.15, 0.2) is 24.4 Å². The summed E-state index contributed by atoms with van der Waals surface area (Å²) < 4.78 is 18.5. The van der Waals surface area contributed by atoms with Crippen molar-refractivity contribution in [2.24, 2.45) is 0 Å². The molecule has 0 saturated carbocycles. The van der Waals surface area contributed by atoms with Gasteiger partial charge < -0.3 is 20.1 Å². The zero-order valence-corrected chi connectivity index (χ0v) is 13.3. The molecule has 2 aromatic rings. The monoisotopic (exact) mass is 355 g/mol. The first-order valence-electron chi connectivity index (χ1n) is 6.94. The first-order valence-corrected chi connectivity index (χ1v) is 7.32. The number of carbonyl (C=O) groups excluding carboxylic acids is 1. The van der Waals surface area contributed by atoms with Gasteiger partial charge >= 0.3 is 0 Å². The van der Waals surface area contributed by atoms with E-state index in [1.54, 1.807) is 0 Å². The number of aliphatic hydroxyl groups is 2. The lowest BCUT2D eigenvalue weighted by Gasteiger charge is -2.12. The maximum Gasteiger partial charge on any atom is 0.210 e. The van der Waals surface area contributed by atoms with Crippen LogP contribution in [0.25, 0.3) is 0 Å². The van der Waals surface area contributed by atoms with Gasteiger partial charge in [0.05, 0.1) is 24.8 Å². The molecule has 2 rings (SSSR count). The number of hydrogen-bond donors (Lipinski definition) is 3. The summed E-state index contributed by atoms with van der Waals surface area (Å²) in [6.45, 7) is -1.20. The fourth-order valence-electron chi connectivity index (χ4n) is 2.06. The van der Waals surface area contributed by atoms with Crippen LogP contribution in [-0.2, 0) is 24.6 Å². The SMILES string of the molecule is O=C(CO)c1ncc(COCc2ccc(F)c(Cl)c2)c(CO)c1O. The summed E-state index contributed by atoms with van der Waals surface area (Å²) in [4.78, 5) is 15.2. The number of aliphatic hydroxyl groups excluding tert-OH is 2. The second-order valence-electron chi connectivity index (χ2n) is 4.94. The summed E-state index contributed by atoms with van der Waals surface area (Å²) in [6, 6.07) is 4.18. The zero-order chi connectivity index (χ0) is 17.7. The predicted molar refractivity (Wildman–Crippen MR) is 83.1 cm³/mol. The molecule has 0 fully saturated rings. The maximum absolute atomic E-state index is 13.1. The number of hydrogen-bond acceptors (Lipinski definition) is 6. The van der Waals surface area contributed by atoms with E-state index in [0.29, 0.717) is 11.1 Å². The fraction of sp³-hybridized carbons (Fsp3) is 0.250. The molecule has 3 N–H and O–H groups in total. The van der Waals surface area contributed by atoms with E-state index in [4.69, 9.17) is 21.4 Å². The number of aromatic hydroxyl groups is 1. The number of benzene rings is 1. The van der Waals surface area contributed by atoms with E-state index in [1.165, 1.54) is 24.4 Å². The van der Waals surface area contributed by atoms with Crippen LogP contribution >= 0.6 is 11.6 Å². The average molecular weight is 356 g/mol. The summed E-state index contributed by atoms with van der Waals surface area (Å²) in [5.74, 6) is -1.76. The van der Waals surface area contributed by atoms with Crippen molar-refractivity contribution in [2.75, 3.05) is 6.61 Å². The molecule has 0 radical (unpaired) electrons. The highest BCUT2D eigenvalue weighted by atomic mass is 35.5. The third kappa shape index (κ3) is 4.07. The molecule has 0 aliphatic rings. The minimum atomic E-state index is -0.799. The minimum Gasteiger partial charge on any atom is -0.505 e. The molecule has 128 valence electrons. The van der Waals surface area contributed by atoms with Crippen LogP contribution in [0.2, 0.25) is 5.02 Å². The standard InChI is InChI=1S/C16H15ClFNO5/c17-12-3-9(1-2-13(12)18)7-24-8-10-4-19-15(14(22)6-21)16(23)11(10)5-20/h1-4,20-21,23H,5-8H2. The molecule has 0 aliphatic heterocycles. The smallest absolute Gasteiger partial charge is 0.210 e. The Morgan fingerprint density at radius 3 is 2.67 bits per heavy atom. The Balaban J connectivity index is 2.10. The molecule has 0 bridgehead atoms. The van der Waals surface area contributed by atoms with E-state index in [1.807, 2.05) is 0 Å². The highest BCUT2D eigenvalue weighted by Gasteiger charge is 2.18. The quantitative estimate of drug-likeness (QED) is 0.656. The lowest BCUT2D eigenvalue weighted by molar-refractivity contribution is 0.0893. The van der Waals surface area contributed by atoms with Crippen LogP contribution in [0.4, 0.5) is 4.39 Å². The highest BCUT2D eigenvalue weighted by Crippen LogP contribution is 2.25. The van der Waals surface area contributed by atoms with Gasteiger partial charge in [-0.1, -0.05) is 17.7 Å². The molecule has 8 heteroatoms. The van der Waals surface area contributed by atoms with Gasteiger partial charge in [-0.2, -0.15) is 0 Å². The van der Waals surface area contributed by atoms with Gasteiger partial charge in [-0.05, 0) is 17.7 Å². The minimum absolute atomic E-state index is 0.000948. The Morgan fingerprint density at radius 1 is 1.29 bits per heavy atom. The van der Waals surface area contributed by atoms with E-state index in [2.05, 4.69) is 4.98 Å². The topological polar surface area (TPSA) is 99.9 Å². The molecule has 24 heavy (non-hydrogen) atoms. The van der Waals surface area contributed by atoms with Gasteiger partial charge in [0, 0.05) is 17.3 Å². The Labute approximate surface area is 142 Å². The molecule has 1 heterocycles. The molecular formula is C16H15ClFNO5. The first-order chi connectivity index (χ1) is 11.5. The van der Waals surface area contributed by atoms with Crippen LogP contribution in [-0.4, -0.2) is 32.7 Å². The summed E-state index contributed by atoms with van der Waals surface area (Å²) in [5.41, 5.74) is 0.823. The second kappa shape index (κ2) is 8.16. The van der Waals surface area contributed by atoms with Crippen molar-refractivity contribution in [3.05, 3.63) is 57.6 Å². The fourth-order valence-corrected chi connectivity index (χ4v) is 2.27. The van der Waals surface area contributed by atoms with E-state index in [-0.39, 0.29) is 29.5 Å². The van der Waals surface area contributed by atoms with Gasteiger partial charge in [-0.25, -0.2) is 9.37 Å². The third-order valence-corrected chi connectivity index (χ3v) is 3.61. The van der Waals surface area contributed by atoms with Crippen LogP contribution in [0.3, 0.4) is 0 Å². The number of rotatable bonds is 7. The van der Waals surface area contributed by atoms with E-state index < -0.39 is 30.6 Å². The van der Waals surface area contributed by atoms with Gasteiger partial charge in [-0.3, -0.25) is 4.79 Å². The molecule has 0 atom stereocenters. The number of carbonyl (C=O) groups is 1. The third-order valence-electron chi connectivity index (χ3n) is 3.32. The van der Waals surface area contributed by atoms with E-state index >= 15 is 0 Å². The highest BCUT2D eigenvalue weighted by molar-refractivity contribution is 6.30. The van der Waals surface area contributed by atoms with Gasteiger partial charge in [0.15, 0.2) is 11.4 Å². The number of nitrogens with zero attached hydrogens (tertiary/aromatic N) is 1. The molecule has 0 unspecified atom stereocenters. The van der Waals surface area contributed by atoms with E-state index in [0.717, 1.165) is 0 Å². The molecule has 0 saturated heterocycles. The second-order valence-corrected chi connectivity index (χ2v) is 5.35. The number of pyridine rings is 1. The number of ether oxygens (including phenoxy) is 1. The van der Waals surface area contributed by atoms with Crippen LogP contribution in [0.5, 0.6) is 5.75 Å². The van der Waals surface area contributed by atoms with Crippen LogP contribution < -0.4 is 0 Å². The molecule has 0 amide bonds. The molecule has 0 aliphatic carbocycles. The number of aromatic nitrogens is 1. The van der Waals surface area contributed by atoms with Crippen molar-refractivity contribution >= 4 is 17.4 Å². The Kier molecular flexibility index (Phi) is 6.22. The Bertz CT molecular complexity index is 753. The summed E-state index contributed by atoms with van der Waals surface area (Å²) >= 11 is 5.68.